The average molecular weight is 388 g/mol. The zero-order valence-electron chi connectivity index (χ0n) is 14.2. The highest BCUT2D eigenvalue weighted by Gasteiger charge is 2.20. The van der Waals surface area contributed by atoms with Crippen molar-refractivity contribution in [3.05, 3.63) is 81.2 Å². The minimum Gasteiger partial charge on any atom is -0.293 e. The number of nitrogens with one attached hydrogen (secondary N) is 1. The van der Waals surface area contributed by atoms with E-state index in [1.165, 1.54) is 11.8 Å². The van der Waals surface area contributed by atoms with Gasteiger partial charge in [-0.1, -0.05) is 65.8 Å². The Morgan fingerprint density at radius 3 is 2.73 bits per heavy atom. The van der Waals surface area contributed by atoms with Crippen molar-refractivity contribution in [1.82, 2.24) is 14.8 Å². The van der Waals surface area contributed by atoms with Gasteiger partial charge in [-0.05, 0) is 31.0 Å². The molecule has 134 valence electrons. The molecule has 0 radical (unpaired) electrons. The van der Waals surface area contributed by atoms with E-state index in [-0.39, 0.29) is 16.7 Å². The first-order valence-electron chi connectivity index (χ1n) is 8.20. The van der Waals surface area contributed by atoms with Crippen molar-refractivity contribution in [1.29, 1.82) is 0 Å². The van der Waals surface area contributed by atoms with E-state index in [4.69, 9.17) is 11.6 Å². The number of hydrogen-bond acceptors (Lipinski definition) is 4. The minimum absolute atomic E-state index is 0.0532. The second-order valence-electron chi connectivity index (χ2n) is 5.83. The van der Waals surface area contributed by atoms with Gasteiger partial charge in [0.1, 0.15) is 0 Å². The highest BCUT2D eigenvalue weighted by Crippen LogP contribution is 2.24. The Balaban J connectivity index is 1.72. The number of aryl methyl sites for hydroxylation is 1. The van der Waals surface area contributed by atoms with Gasteiger partial charge in [0.15, 0.2) is 10.9 Å². The molecule has 1 N–H and O–H groups in total. The summed E-state index contributed by atoms with van der Waals surface area (Å²) in [7, 11) is 0. The van der Waals surface area contributed by atoms with E-state index in [0.29, 0.717) is 28.7 Å². The Labute approximate surface area is 160 Å². The SMILES string of the molecule is C[C@H](Sc1n[nH]c(=O)n1CCc1ccccc1)C(=O)c1cccc(Cl)c1. The van der Waals surface area contributed by atoms with Gasteiger partial charge in [0.05, 0.1) is 5.25 Å². The molecule has 0 fully saturated rings. The van der Waals surface area contributed by atoms with Crippen molar-refractivity contribution in [2.24, 2.45) is 0 Å². The minimum atomic E-state index is -0.390. The number of hydrogen-bond donors (Lipinski definition) is 1. The van der Waals surface area contributed by atoms with Crippen LogP contribution in [0.3, 0.4) is 0 Å². The molecule has 0 saturated carbocycles. The Kier molecular flexibility index (Phi) is 5.96. The second kappa shape index (κ2) is 8.38. The maximum absolute atomic E-state index is 12.6. The van der Waals surface area contributed by atoms with E-state index in [0.717, 1.165) is 5.56 Å². The third kappa shape index (κ3) is 4.45. The Morgan fingerprint density at radius 1 is 1.23 bits per heavy atom. The van der Waals surface area contributed by atoms with E-state index in [2.05, 4.69) is 10.2 Å². The molecule has 3 aromatic rings. The van der Waals surface area contributed by atoms with E-state index in [1.54, 1.807) is 35.8 Å². The van der Waals surface area contributed by atoms with Crippen LogP contribution < -0.4 is 5.69 Å². The van der Waals surface area contributed by atoms with Gasteiger partial charge in [-0.2, -0.15) is 0 Å². The summed E-state index contributed by atoms with van der Waals surface area (Å²) in [5, 5.41) is 7.18. The largest absolute Gasteiger partial charge is 0.343 e. The van der Waals surface area contributed by atoms with Crippen molar-refractivity contribution in [3.8, 4) is 0 Å². The standard InChI is InChI=1S/C19H18ClN3O2S/c1-13(17(24)15-8-5-9-16(20)12-15)26-19-22-21-18(25)23(19)11-10-14-6-3-2-4-7-14/h2-9,12-13H,10-11H2,1H3,(H,21,25)/t13-/m0/s1. The van der Waals surface area contributed by atoms with Gasteiger partial charge in [0.2, 0.25) is 0 Å². The smallest absolute Gasteiger partial charge is 0.293 e. The fourth-order valence-corrected chi connectivity index (χ4v) is 3.71. The quantitative estimate of drug-likeness (QED) is 0.494. The van der Waals surface area contributed by atoms with E-state index < -0.39 is 0 Å². The number of carbonyl (C=O) groups excluding carboxylic acids is 1. The van der Waals surface area contributed by atoms with Gasteiger partial charge in [0, 0.05) is 17.1 Å². The predicted octanol–water partition coefficient (Wildman–Crippen LogP) is 3.83. The van der Waals surface area contributed by atoms with Crippen LogP contribution in [0.5, 0.6) is 0 Å². The van der Waals surface area contributed by atoms with Crippen molar-refractivity contribution in [2.45, 2.75) is 30.3 Å². The molecule has 0 unspecified atom stereocenters. The van der Waals surface area contributed by atoms with Gasteiger partial charge in [-0.15, -0.1) is 5.10 Å². The van der Waals surface area contributed by atoms with Crippen LogP contribution in [0.25, 0.3) is 0 Å². The molecule has 3 rings (SSSR count). The van der Waals surface area contributed by atoms with Crippen molar-refractivity contribution in [2.75, 3.05) is 0 Å². The fourth-order valence-electron chi connectivity index (χ4n) is 2.56. The molecule has 5 nitrogen and oxygen atoms in total. The van der Waals surface area contributed by atoms with E-state index >= 15 is 0 Å². The molecular formula is C19H18ClN3O2S. The molecule has 26 heavy (non-hydrogen) atoms. The van der Waals surface area contributed by atoms with E-state index in [1.807, 2.05) is 30.3 Å². The molecule has 0 aliphatic heterocycles. The van der Waals surface area contributed by atoms with E-state index in [9.17, 15) is 9.59 Å². The topological polar surface area (TPSA) is 67.8 Å². The summed E-state index contributed by atoms with van der Waals surface area (Å²) in [6.45, 7) is 2.30. The summed E-state index contributed by atoms with van der Waals surface area (Å²) < 4.78 is 1.57. The molecule has 0 saturated heterocycles. The molecular weight excluding hydrogens is 370 g/mol. The molecule has 0 aliphatic rings. The number of ketones is 1. The van der Waals surface area contributed by atoms with Gasteiger partial charge in [-0.3, -0.25) is 9.36 Å². The fraction of sp³-hybridized carbons (Fsp3) is 0.211. The van der Waals surface area contributed by atoms with Gasteiger partial charge < -0.3 is 0 Å². The van der Waals surface area contributed by atoms with Crippen LogP contribution in [0.2, 0.25) is 5.02 Å². The van der Waals surface area contributed by atoms with Crippen LogP contribution >= 0.6 is 23.4 Å². The summed E-state index contributed by atoms with van der Waals surface area (Å²) in [6.07, 6.45) is 0.713. The molecule has 7 heteroatoms. The molecule has 1 heterocycles. The number of benzene rings is 2. The number of rotatable bonds is 7. The number of aromatic nitrogens is 3. The zero-order valence-corrected chi connectivity index (χ0v) is 15.8. The molecule has 2 aromatic carbocycles. The highest BCUT2D eigenvalue weighted by molar-refractivity contribution is 8.00. The first-order chi connectivity index (χ1) is 12.5. The maximum atomic E-state index is 12.6. The lowest BCUT2D eigenvalue weighted by molar-refractivity contribution is 0.0994. The first-order valence-corrected chi connectivity index (χ1v) is 9.46. The number of H-pyrrole nitrogens is 1. The summed E-state index contributed by atoms with van der Waals surface area (Å²) >= 11 is 7.22. The first kappa shape index (κ1) is 18.5. The van der Waals surface area contributed by atoms with Gasteiger partial charge >= 0.3 is 5.69 Å². The summed E-state index contributed by atoms with van der Waals surface area (Å²) in [5.74, 6) is -0.0532. The Morgan fingerprint density at radius 2 is 2.00 bits per heavy atom. The van der Waals surface area contributed by atoms with Crippen LogP contribution in [-0.4, -0.2) is 25.8 Å². The maximum Gasteiger partial charge on any atom is 0.343 e. The van der Waals surface area contributed by atoms with Crippen LogP contribution in [0.1, 0.15) is 22.8 Å². The van der Waals surface area contributed by atoms with Gasteiger partial charge in [0.25, 0.3) is 0 Å². The van der Waals surface area contributed by atoms with Crippen molar-refractivity contribution < 1.29 is 4.79 Å². The molecule has 1 atom stereocenters. The average Bonchev–Trinajstić information content (AvgIpc) is 2.99. The Hall–Kier alpha value is -2.31. The molecule has 0 spiro atoms. The normalized spacial score (nSPS) is 12.1. The number of carbonyl (C=O) groups is 1. The third-order valence-electron chi connectivity index (χ3n) is 3.95. The monoisotopic (exact) mass is 387 g/mol. The molecule has 0 aliphatic carbocycles. The summed E-state index contributed by atoms with van der Waals surface area (Å²) in [6, 6.07) is 16.8. The Bertz CT molecular complexity index is 953. The lowest BCUT2D eigenvalue weighted by Crippen LogP contribution is -2.20. The van der Waals surface area contributed by atoms with Crippen LogP contribution in [0.15, 0.2) is 64.5 Å². The summed E-state index contributed by atoms with van der Waals surface area (Å²) in [5.41, 5.74) is 1.41. The summed E-state index contributed by atoms with van der Waals surface area (Å²) in [4.78, 5) is 24.7. The lowest BCUT2D eigenvalue weighted by Gasteiger charge is -2.11. The number of halogens is 1. The van der Waals surface area contributed by atoms with Crippen LogP contribution in [0, 0.1) is 0 Å². The predicted molar refractivity (Wildman–Crippen MR) is 104 cm³/mol. The van der Waals surface area contributed by atoms with Crippen LogP contribution in [0.4, 0.5) is 0 Å². The molecule has 0 bridgehead atoms. The third-order valence-corrected chi connectivity index (χ3v) is 5.28. The van der Waals surface area contributed by atoms with Crippen molar-refractivity contribution in [3.63, 3.8) is 0 Å². The molecule has 0 amide bonds. The van der Waals surface area contributed by atoms with Gasteiger partial charge in [-0.25, -0.2) is 9.89 Å². The van der Waals surface area contributed by atoms with Crippen LogP contribution in [-0.2, 0) is 13.0 Å². The van der Waals surface area contributed by atoms with Crippen molar-refractivity contribution >= 4 is 29.1 Å². The number of aromatic amines is 1. The number of thioether (sulfide) groups is 1. The number of nitrogens with zero attached hydrogens (tertiary/aromatic N) is 2. The number of Topliss-reactive ketones (excluding diaryl/α,β-unsaturated/α-hetero) is 1. The molecule has 1 aromatic heterocycles. The second-order valence-corrected chi connectivity index (χ2v) is 7.58. The zero-order chi connectivity index (χ0) is 18.5. The highest BCUT2D eigenvalue weighted by atomic mass is 35.5. The lowest BCUT2D eigenvalue weighted by atomic mass is 10.1.